The molecular formula is C21H20N2O4S. The number of hydrogen-bond donors (Lipinski definition) is 1. The van der Waals surface area contributed by atoms with Crippen molar-refractivity contribution in [3.63, 3.8) is 0 Å². The Kier molecular flexibility index (Phi) is 5.65. The summed E-state index contributed by atoms with van der Waals surface area (Å²) in [6.07, 6.45) is 0. The van der Waals surface area contributed by atoms with Gasteiger partial charge in [0.25, 0.3) is 15.9 Å². The van der Waals surface area contributed by atoms with Crippen LogP contribution in [0.2, 0.25) is 0 Å². The number of methoxy groups -OCH3 is 1. The molecular weight excluding hydrogens is 376 g/mol. The first kappa shape index (κ1) is 19.4. The standard InChI is InChI=1S/C21H20N2O4S/c1-23(18-8-4-3-5-9-18)21(24)16-7-6-10-20(15-16)28(25,26)22-17-11-13-19(27-2)14-12-17/h3-15,22H,1-2H3. The summed E-state index contributed by atoms with van der Waals surface area (Å²) in [7, 11) is -0.658. The van der Waals surface area contributed by atoms with Gasteiger partial charge in [-0.3, -0.25) is 9.52 Å². The Bertz CT molecular complexity index is 1070. The molecule has 0 aliphatic rings. The molecule has 0 atom stereocenters. The Balaban J connectivity index is 1.84. The van der Waals surface area contributed by atoms with Gasteiger partial charge in [-0.15, -0.1) is 0 Å². The zero-order valence-electron chi connectivity index (χ0n) is 15.5. The zero-order chi connectivity index (χ0) is 20.1. The first-order chi connectivity index (χ1) is 13.4. The number of nitrogens with zero attached hydrogens (tertiary/aromatic N) is 1. The number of benzene rings is 3. The number of carbonyl (C=O) groups excluding carboxylic acids is 1. The third-order valence-corrected chi connectivity index (χ3v) is 5.56. The van der Waals surface area contributed by atoms with Crippen LogP contribution in [0, 0.1) is 0 Å². The minimum absolute atomic E-state index is 0.00984. The quantitative estimate of drug-likeness (QED) is 0.688. The predicted octanol–water partition coefficient (Wildman–Crippen LogP) is 3.77. The third-order valence-electron chi connectivity index (χ3n) is 4.18. The normalized spacial score (nSPS) is 10.9. The second-order valence-corrected chi connectivity index (χ2v) is 7.74. The van der Waals surface area contributed by atoms with Crippen LogP contribution in [0.3, 0.4) is 0 Å². The molecule has 3 rings (SSSR count). The lowest BCUT2D eigenvalue weighted by Gasteiger charge is -2.18. The van der Waals surface area contributed by atoms with Crippen LogP contribution in [0.15, 0.2) is 83.8 Å². The number of rotatable bonds is 6. The van der Waals surface area contributed by atoms with Gasteiger partial charge in [-0.05, 0) is 54.6 Å². The average Bonchev–Trinajstić information content (AvgIpc) is 2.73. The van der Waals surface area contributed by atoms with E-state index in [9.17, 15) is 13.2 Å². The van der Waals surface area contributed by atoms with E-state index in [1.54, 1.807) is 43.4 Å². The molecule has 1 amide bonds. The number of carbonyl (C=O) groups is 1. The SMILES string of the molecule is COc1ccc(NS(=O)(=O)c2cccc(C(=O)N(C)c3ccccc3)c2)cc1. The molecule has 0 unspecified atom stereocenters. The summed E-state index contributed by atoms with van der Waals surface area (Å²) in [5.41, 5.74) is 1.40. The molecule has 0 aromatic heterocycles. The summed E-state index contributed by atoms with van der Waals surface area (Å²) in [5, 5.41) is 0. The number of nitrogens with one attached hydrogen (secondary N) is 1. The first-order valence-electron chi connectivity index (χ1n) is 8.51. The number of para-hydroxylation sites is 1. The number of sulfonamides is 1. The topological polar surface area (TPSA) is 75.7 Å². The second-order valence-electron chi connectivity index (χ2n) is 6.06. The molecule has 3 aromatic carbocycles. The van der Waals surface area contributed by atoms with E-state index in [1.165, 1.54) is 24.1 Å². The van der Waals surface area contributed by atoms with Gasteiger partial charge in [0.05, 0.1) is 12.0 Å². The zero-order valence-corrected chi connectivity index (χ0v) is 16.3. The molecule has 0 saturated heterocycles. The van der Waals surface area contributed by atoms with Crippen molar-refractivity contribution in [1.29, 1.82) is 0 Å². The van der Waals surface area contributed by atoms with E-state index in [-0.39, 0.29) is 16.4 Å². The maximum Gasteiger partial charge on any atom is 0.261 e. The molecule has 0 fully saturated rings. The van der Waals surface area contributed by atoms with E-state index in [2.05, 4.69) is 4.72 Å². The molecule has 28 heavy (non-hydrogen) atoms. The molecule has 6 nitrogen and oxygen atoms in total. The fourth-order valence-corrected chi connectivity index (χ4v) is 3.74. The maximum atomic E-state index is 12.7. The van der Waals surface area contributed by atoms with Crippen molar-refractivity contribution in [1.82, 2.24) is 0 Å². The summed E-state index contributed by atoms with van der Waals surface area (Å²) in [4.78, 5) is 14.2. The van der Waals surface area contributed by atoms with Gasteiger partial charge in [-0.1, -0.05) is 24.3 Å². The molecule has 7 heteroatoms. The number of amides is 1. The van der Waals surface area contributed by atoms with Gasteiger partial charge in [0.2, 0.25) is 0 Å². The molecule has 3 aromatic rings. The summed E-state index contributed by atoms with van der Waals surface area (Å²) in [5.74, 6) is 0.326. The smallest absolute Gasteiger partial charge is 0.261 e. The Hall–Kier alpha value is -3.32. The molecule has 0 spiro atoms. The van der Waals surface area contributed by atoms with Crippen LogP contribution in [0.1, 0.15) is 10.4 Å². The largest absolute Gasteiger partial charge is 0.497 e. The van der Waals surface area contributed by atoms with Gasteiger partial charge in [-0.25, -0.2) is 8.42 Å². The summed E-state index contributed by atoms with van der Waals surface area (Å²) < 4.78 is 33.0. The number of hydrogen-bond acceptors (Lipinski definition) is 4. The van der Waals surface area contributed by atoms with E-state index in [0.29, 0.717) is 11.4 Å². The van der Waals surface area contributed by atoms with Gasteiger partial charge in [-0.2, -0.15) is 0 Å². The lowest BCUT2D eigenvalue weighted by Crippen LogP contribution is -2.26. The van der Waals surface area contributed by atoms with E-state index in [1.807, 2.05) is 30.3 Å². The third kappa shape index (κ3) is 4.32. The lowest BCUT2D eigenvalue weighted by molar-refractivity contribution is 0.0993. The Morgan fingerprint density at radius 1 is 0.929 bits per heavy atom. The van der Waals surface area contributed by atoms with Gasteiger partial charge >= 0.3 is 0 Å². The average molecular weight is 396 g/mol. The summed E-state index contributed by atoms with van der Waals surface area (Å²) in [6.45, 7) is 0. The van der Waals surface area contributed by atoms with Crippen LogP contribution in [0.4, 0.5) is 11.4 Å². The van der Waals surface area contributed by atoms with Gasteiger partial charge in [0.1, 0.15) is 5.75 Å². The predicted molar refractivity (Wildman–Crippen MR) is 109 cm³/mol. The summed E-state index contributed by atoms with van der Waals surface area (Å²) in [6, 6.07) is 21.6. The lowest BCUT2D eigenvalue weighted by atomic mass is 10.2. The number of anilines is 2. The van der Waals surface area contributed by atoms with Crippen LogP contribution in [-0.4, -0.2) is 28.5 Å². The molecule has 0 aliphatic heterocycles. The molecule has 0 bridgehead atoms. The summed E-state index contributed by atoms with van der Waals surface area (Å²) >= 11 is 0. The fourth-order valence-electron chi connectivity index (χ4n) is 2.63. The minimum Gasteiger partial charge on any atom is -0.497 e. The van der Waals surface area contributed by atoms with Crippen molar-refractivity contribution in [2.75, 3.05) is 23.8 Å². The first-order valence-corrected chi connectivity index (χ1v) is 9.99. The van der Waals surface area contributed by atoms with Crippen LogP contribution >= 0.6 is 0 Å². The highest BCUT2D eigenvalue weighted by Gasteiger charge is 2.19. The van der Waals surface area contributed by atoms with Crippen molar-refractivity contribution >= 4 is 27.3 Å². The van der Waals surface area contributed by atoms with Gasteiger partial charge in [0, 0.05) is 24.0 Å². The number of ether oxygens (including phenoxy) is 1. The van der Waals surface area contributed by atoms with Crippen LogP contribution < -0.4 is 14.4 Å². The van der Waals surface area contributed by atoms with Crippen LogP contribution in [0.5, 0.6) is 5.75 Å². The molecule has 1 N–H and O–H groups in total. The van der Waals surface area contributed by atoms with Crippen molar-refractivity contribution < 1.29 is 17.9 Å². The van der Waals surface area contributed by atoms with Gasteiger partial charge in [0.15, 0.2) is 0 Å². The monoisotopic (exact) mass is 396 g/mol. The van der Waals surface area contributed by atoms with Crippen LogP contribution in [0.25, 0.3) is 0 Å². The molecule has 0 aliphatic carbocycles. The van der Waals surface area contributed by atoms with E-state index >= 15 is 0 Å². The maximum absolute atomic E-state index is 12.7. The Morgan fingerprint density at radius 2 is 1.61 bits per heavy atom. The Labute approximate surface area is 164 Å². The van der Waals surface area contributed by atoms with Gasteiger partial charge < -0.3 is 9.64 Å². The highest BCUT2D eigenvalue weighted by Crippen LogP contribution is 2.21. The molecule has 144 valence electrons. The van der Waals surface area contributed by atoms with E-state index in [0.717, 1.165) is 5.69 Å². The fraction of sp³-hybridized carbons (Fsp3) is 0.0952. The molecule has 0 saturated carbocycles. The van der Waals surface area contributed by atoms with Crippen LogP contribution in [-0.2, 0) is 10.0 Å². The highest BCUT2D eigenvalue weighted by molar-refractivity contribution is 7.92. The molecule has 0 radical (unpaired) electrons. The van der Waals surface area contributed by atoms with E-state index in [4.69, 9.17) is 4.74 Å². The molecule has 0 heterocycles. The highest BCUT2D eigenvalue weighted by atomic mass is 32.2. The van der Waals surface area contributed by atoms with Crippen molar-refractivity contribution in [3.8, 4) is 5.75 Å². The minimum atomic E-state index is -3.84. The Morgan fingerprint density at radius 3 is 2.25 bits per heavy atom. The van der Waals surface area contributed by atoms with E-state index < -0.39 is 10.0 Å². The van der Waals surface area contributed by atoms with Crippen molar-refractivity contribution in [3.05, 3.63) is 84.4 Å². The second kappa shape index (κ2) is 8.14. The van der Waals surface area contributed by atoms with Crippen molar-refractivity contribution in [2.45, 2.75) is 4.90 Å². The van der Waals surface area contributed by atoms with Crippen molar-refractivity contribution in [2.24, 2.45) is 0 Å².